The predicted molar refractivity (Wildman–Crippen MR) is 110 cm³/mol. The van der Waals surface area contributed by atoms with Crippen molar-refractivity contribution in [2.75, 3.05) is 12.4 Å². The molecule has 1 aromatic carbocycles. The number of carbonyl (C=O) groups is 1. The van der Waals surface area contributed by atoms with Crippen molar-refractivity contribution in [1.29, 1.82) is 0 Å². The number of allylic oxidation sites excluding steroid dienone is 3. The second-order valence-corrected chi connectivity index (χ2v) is 9.42. The monoisotopic (exact) mass is 418 g/mol. The third kappa shape index (κ3) is 3.93. The maximum atomic E-state index is 12.9. The Morgan fingerprint density at radius 3 is 2.89 bits per heavy atom. The Hall–Kier alpha value is -1.76. The third-order valence-corrected chi connectivity index (χ3v) is 7.54. The van der Waals surface area contributed by atoms with E-state index in [-0.39, 0.29) is 17.2 Å². The van der Waals surface area contributed by atoms with E-state index in [1.54, 1.807) is 25.1 Å². The molecule has 4 nitrogen and oxygen atoms in total. The molecule has 7 heteroatoms. The Balaban J connectivity index is 1.41. The number of thiazole rings is 1. The van der Waals surface area contributed by atoms with Crippen LogP contribution in [0.5, 0.6) is 0 Å². The van der Waals surface area contributed by atoms with Gasteiger partial charge in [-0.25, -0.2) is 4.98 Å². The zero-order chi connectivity index (χ0) is 18.9. The molecule has 0 bridgehead atoms. The van der Waals surface area contributed by atoms with Gasteiger partial charge in [-0.05, 0) is 49.5 Å². The summed E-state index contributed by atoms with van der Waals surface area (Å²) in [4.78, 5) is 18.3. The first-order valence-corrected chi connectivity index (χ1v) is 10.7. The Morgan fingerprint density at radius 2 is 2.22 bits per heavy atom. The van der Waals surface area contributed by atoms with Crippen molar-refractivity contribution in [3.8, 4) is 0 Å². The van der Waals surface area contributed by atoms with Gasteiger partial charge in [-0.3, -0.25) is 4.79 Å². The fourth-order valence-corrected chi connectivity index (χ4v) is 5.39. The van der Waals surface area contributed by atoms with Crippen LogP contribution in [0.3, 0.4) is 0 Å². The molecular formula is C20H19ClN2O2S2. The summed E-state index contributed by atoms with van der Waals surface area (Å²) >= 11 is 9.24. The van der Waals surface area contributed by atoms with E-state index in [0.29, 0.717) is 10.2 Å². The molecule has 1 unspecified atom stereocenters. The van der Waals surface area contributed by atoms with Crippen molar-refractivity contribution < 1.29 is 9.53 Å². The molecule has 1 aromatic heterocycles. The van der Waals surface area contributed by atoms with Gasteiger partial charge in [0.1, 0.15) is 5.76 Å². The summed E-state index contributed by atoms with van der Waals surface area (Å²) in [7, 11) is 1.66. The molecule has 0 radical (unpaired) electrons. The number of hydrogen-bond donors (Lipinski definition) is 1. The van der Waals surface area contributed by atoms with Crippen LogP contribution < -0.4 is 5.32 Å². The number of benzene rings is 1. The van der Waals surface area contributed by atoms with Crippen LogP contribution in [0.4, 0.5) is 5.13 Å². The summed E-state index contributed by atoms with van der Waals surface area (Å²) in [5.74, 6) is 1.15. The highest BCUT2D eigenvalue weighted by atomic mass is 35.5. The summed E-state index contributed by atoms with van der Waals surface area (Å²) in [6, 6.07) is 7.70. The summed E-state index contributed by atoms with van der Waals surface area (Å²) in [6.45, 7) is 0. The van der Waals surface area contributed by atoms with Crippen molar-refractivity contribution in [1.82, 2.24) is 4.98 Å². The van der Waals surface area contributed by atoms with Gasteiger partial charge in [0.2, 0.25) is 5.91 Å². The number of ether oxygens (including phenoxy) is 1. The quantitative estimate of drug-likeness (QED) is 0.646. The van der Waals surface area contributed by atoms with Crippen molar-refractivity contribution >= 4 is 45.7 Å². The van der Waals surface area contributed by atoms with Crippen molar-refractivity contribution in [3.63, 3.8) is 0 Å². The number of methoxy groups -OCH3 is 1. The summed E-state index contributed by atoms with van der Waals surface area (Å²) < 4.78 is 6.24. The van der Waals surface area contributed by atoms with Crippen LogP contribution in [-0.2, 0) is 9.53 Å². The fourth-order valence-electron chi connectivity index (χ4n) is 3.28. The summed E-state index contributed by atoms with van der Waals surface area (Å²) in [5, 5.41) is 4.37. The van der Waals surface area contributed by atoms with Crippen LogP contribution in [0.15, 0.2) is 63.6 Å². The molecule has 1 fully saturated rings. The van der Waals surface area contributed by atoms with Gasteiger partial charge in [0.15, 0.2) is 5.13 Å². The molecule has 1 atom stereocenters. The number of aromatic nitrogens is 1. The van der Waals surface area contributed by atoms with Gasteiger partial charge < -0.3 is 10.1 Å². The van der Waals surface area contributed by atoms with Gasteiger partial charge in [-0.2, -0.15) is 0 Å². The molecule has 140 valence electrons. The normalized spacial score (nSPS) is 20.1. The average molecular weight is 419 g/mol. The topological polar surface area (TPSA) is 51.2 Å². The zero-order valence-corrected chi connectivity index (χ0v) is 17.2. The minimum absolute atomic E-state index is 0.0649. The van der Waals surface area contributed by atoms with E-state index in [2.05, 4.69) is 22.5 Å². The second kappa shape index (κ2) is 7.70. The minimum atomic E-state index is -0.312. The fraction of sp³-hybridized carbons (Fsp3) is 0.300. The van der Waals surface area contributed by atoms with E-state index in [4.69, 9.17) is 16.3 Å². The number of nitrogens with zero attached hydrogens (tertiary/aromatic N) is 1. The molecule has 0 saturated heterocycles. The molecule has 2 aliphatic rings. The molecule has 2 aliphatic carbocycles. The number of hydrogen-bond acceptors (Lipinski definition) is 5. The van der Waals surface area contributed by atoms with Crippen molar-refractivity contribution in [2.24, 2.45) is 11.3 Å². The zero-order valence-electron chi connectivity index (χ0n) is 14.8. The van der Waals surface area contributed by atoms with E-state index in [1.807, 2.05) is 30.3 Å². The van der Waals surface area contributed by atoms with Crippen LogP contribution in [0.25, 0.3) is 0 Å². The number of anilines is 1. The lowest BCUT2D eigenvalue weighted by molar-refractivity contribution is -0.122. The van der Waals surface area contributed by atoms with Crippen LogP contribution in [0.1, 0.15) is 19.3 Å². The van der Waals surface area contributed by atoms with E-state index in [9.17, 15) is 4.79 Å². The molecule has 1 saturated carbocycles. The maximum Gasteiger partial charge on any atom is 0.232 e. The van der Waals surface area contributed by atoms with Crippen LogP contribution in [0, 0.1) is 11.3 Å². The van der Waals surface area contributed by atoms with E-state index in [1.165, 1.54) is 11.3 Å². The van der Waals surface area contributed by atoms with Crippen molar-refractivity contribution in [3.05, 3.63) is 59.5 Å². The lowest BCUT2D eigenvalue weighted by Gasteiger charge is -2.24. The third-order valence-electron chi connectivity index (χ3n) is 5.00. The first kappa shape index (κ1) is 18.6. The first-order valence-electron chi connectivity index (χ1n) is 8.73. The highest BCUT2D eigenvalue weighted by Gasteiger charge is 2.54. The summed E-state index contributed by atoms with van der Waals surface area (Å²) in [5.41, 5.74) is -0.312. The van der Waals surface area contributed by atoms with E-state index >= 15 is 0 Å². The number of halogens is 1. The molecule has 1 amide bonds. The molecular weight excluding hydrogens is 400 g/mol. The van der Waals surface area contributed by atoms with Crippen LogP contribution in [-0.4, -0.2) is 18.0 Å². The SMILES string of the molecule is COC1=CCC(C2(C(=O)Nc3ncc(Sc4ccccc4Cl)s3)CC2)C=C1. The van der Waals surface area contributed by atoms with Gasteiger partial charge in [0, 0.05) is 4.90 Å². The Kier molecular flexibility index (Phi) is 5.30. The van der Waals surface area contributed by atoms with Gasteiger partial charge in [0.25, 0.3) is 0 Å². The highest BCUT2D eigenvalue weighted by Crippen LogP contribution is 2.55. The lowest BCUT2D eigenvalue weighted by Crippen LogP contribution is -2.30. The van der Waals surface area contributed by atoms with Gasteiger partial charge in [-0.1, -0.05) is 52.9 Å². The Labute approximate surface area is 171 Å². The molecule has 0 aliphatic heterocycles. The molecule has 27 heavy (non-hydrogen) atoms. The smallest absolute Gasteiger partial charge is 0.232 e. The number of rotatable bonds is 6. The average Bonchev–Trinajstić information content (AvgIpc) is 3.39. The Morgan fingerprint density at radius 1 is 1.41 bits per heavy atom. The van der Waals surface area contributed by atoms with Gasteiger partial charge in [-0.15, -0.1) is 0 Å². The molecule has 0 spiro atoms. The van der Waals surface area contributed by atoms with Crippen LogP contribution >= 0.6 is 34.7 Å². The molecule has 2 aromatic rings. The lowest BCUT2D eigenvalue weighted by atomic mass is 9.83. The number of amides is 1. The Bertz CT molecular complexity index is 918. The van der Waals surface area contributed by atoms with Gasteiger partial charge in [0.05, 0.1) is 28.0 Å². The van der Waals surface area contributed by atoms with Gasteiger partial charge >= 0.3 is 0 Å². The molecule has 4 rings (SSSR count). The van der Waals surface area contributed by atoms with E-state index < -0.39 is 0 Å². The predicted octanol–water partition coefficient (Wildman–Crippen LogP) is 5.77. The van der Waals surface area contributed by atoms with Crippen LogP contribution in [0.2, 0.25) is 5.02 Å². The maximum absolute atomic E-state index is 12.9. The first-order chi connectivity index (χ1) is 13.1. The van der Waals surface area contributed by atoms with Crippen molar-refractivity contribution in [2.45, 2.75) is 28.4 Å². The molecule has 1 heterocycles. The standard InChI is InChI=1S/C20H19ClN2O2S2/c1-25-14-8-6-13(7-9-14)20(10-11-20)18(24)23-19-22-12-17(27-19)26-16-5-3-2-4-15(16)21/h2-6,8-9,12-13H,7,10-11H2,1H3,(H,22,23,24). The molecule has 1 N–H and O–H groups in total. The minimum Gasteiger partial charge on any atom is -0.497 e. The summed E-state index contributed by atoms with van der Waals surface area (Å²) in [6.07, 6.45) is 10.6. The van der Waals surface area contributed by atoms with E-state index in [0.717, 1.165) is 34.1 Å². The number of carbonyl (C=O) groups excluding carboxylic acids is 1. The number of nitrogens with one attached hydrogen (secondary N) is 1. The highest BCUT2D eigenvalue weighted by molar-refractivity contribution is 8.01. The second-order valence-electron chi connectivity index (χ2n) is 6.64. The largest absolute Gasteiger partial charge is 0.497 e.